The van der Waals surface area contributed by atoms with Crippen molar-refractivity contribution in [3.05, 3.63) is 12.7 Å². The number of nitrogens with zero attached hydrogens (tertiary/aromatic N) is 4. The molecule has 3 rings (SSSR count). The first-order valence-corrected chi connectivity index (χ1v) is 12.0. The quantitative estimate of drug-likeness (QED) is 0.286. The second kappa shape index (κ2) is 10.1. The van der Waals surface area contributed by atoms with Crippen LogP contribution >= 0.6 is 21.6 Å². The second-order valence-corrected chi connectivity index (χ2v) is 11.1. The average Bonchev–Trinajstić information content (AvgIpc) is 3.25. The molecule has 2 aromatic heterocycles. The summed E-state index contributed by atoms with van der Waals surface area (Å²) < 4.78 is 12.9. The minimum absolute atomic E-state index is 0.0892. The number of rotatable bonds is 9. The predicted octanol–water partition coefficient (Wildman–Crippen LogP) is 1.37. The van der Waals surface area contributed by atoms with Gasteiger partial charge in [-0.05, 0) is 0 Å². The Morgan fingerprint density at radius 2 is 2.20 bits per heavy atom. The van der Waals surface area contributed by atoms with Gasteiger partial charge >= 0.3 is 5.97 Å². The van der Waals surface area contributed by atoms with E-state index in [4.69, 9.17) is 15.2 Å². The van der Waals surface area contributed by atoms with Gasteiger partial charge in [0.05, 0.1) is 19.4 Å². The zero-order valence-electron chi connectivity index (χ0n) is 17.3. The summed E-state index contributed by atoms with van der Waals surface area (Å²) in [5.74, 6) is 0.826. The SMILES string of the molecule is CC(C)(C)SSCCNCCC(=O)OC1COC(n2cnc3c(N)ncnc32)C1O. The first kappa shape index (κ1) is 23.1. The van der Waals surface area contributed by atoms with Gasteiger partial charge in [-0.25, -0.2) is 15.0 Å². The van der Waals surface area contributed by atoms with Crippen molar-refractivity contribution in [1.29, 1.82) is 0 Å². The normalized spacial score (nSPS) is 21.9. The van der Waals surface area contributed by atoms with Crippen LogP contribution in [0.5, 0.6) is 0 Å². The van der Waals surface area contributed by atoms with Crippen molar-refractivity contribution < 1.29 is 19.4 Å². The number of anilines is 1. The summed E-state index contributed by atoms with van der Waals surface area (Å²) in [4.78, 5) is 24.3. The molecule has 0 radical (unpaired) electrons. The number of nitrogens with one attached hydrogen (secondary N) is 1. The molecular weight excluding hydrogens is 428 g/mol. The van der Waals surface area contributed by atoms with Gasteiger partial charge in [0.15, 0.2) is 23.8 Å². The van der Waals surface area contributed by atoms with Crippen LogP contribution in [-0.2, 0) is 14.3 Å². The van der Waals surface area contributed by atoms with E-state index < -0.39 is 18.4 Å². The highest BCUT2D eigenvalue weighted by atomic mass is 33.1. The van der Waals surface area contributed by atoms with Crippen molar-refractivity contribution >= 4 is 44.5 Å². The number of nitrogens with two attached hydrogens (primary N) is 1. The van der Waals surface area contributed by atoms with Gasteiger partial charge in [0.25, 0.3) is 0 Å². The second-order valence-electron chi connectivity index (χ2n) is 7.84. The first-order chi connectivity index (χ1) is 14.3. The molecule has 10 nitrogen and oxygen atoms in total. The first-order valence-electron chi connectivity index (χ1n) is 9.70. The highest BCUT2D eigenvalue weighted by molar-refractivity contribution is 8.77. The predicted molar refractivity (Wildman–Crippen MR) is 118 cm³/mol. The Kier molecular flexibility index (Phi) is 7.80. The standard InChI is InChI=1S/C18H28N6O4S2/c1-18(2,3)30-29-7-6-20-5-4-12(25)28-11-8-27-17(14(11)26)24-10-23-13-15(19)21-9-22-16(13)24/h9-11,14,17,20,26H,4-8H2,1-3H3,(H2,19,21,22). The molecule has 1 aliphatic heterocycles. The molecular formula is C18H28N6O4S2. The minimum Gasteiger partial charge on any atom is -0.457 e. The zero-order valence-corrected chi connectivity index (χ0v) is 18.9. The van der Waals surface area contributed by atoms with Gasteiger partial charge in [-0.15, -0.1) is 0 Å². The number of ether oxygens (including phenoxy) is 2. The van der Waals surface area contributed by atoms with Gasteiger partial charge in [-0.1, -0.05) is 42.4 Å². The maximum atomic E-state index is 12.1. The van der Waals surface area contributed by atoms with E-state index in [1.807, 2.05) is 21.6 Å². The van der Waals surface area contributed by atoms with E-state index in [9.17, 15) is 9.90 Å². The number of nitrogen functional groups attached to an aromatic ring is 1. The van der Waals surface area contributed by atoms with Crippen LogP contribution in [0.4, 0.5) is 5.82 Å². The lowest BCUT2D eigenvalue weighted by atomic mass is 10.2. The number of carbonyl (C=O) groups excluding carboxylic acids is 1. The van der Waals surface area contributed by atoms with Crippen LogP contribution in [0.2, 0.25) is 0 Å². The summed E-state index contributed by atoms with van der Waals surface area (Å²) >= 11 is 0. The van der Waals surface area contributed by atoms with E-state index in [1.165, 1.54) is 12.7 Å². The van der Waals surface area contributed by atoms with Gasteiger partial charge in [0.2, 0.25) is 0 Å². The fraction of sp³-hybridized carbons (Fsp3) is 0.667. The van der Waals surface area contributed by atoms with Crippen molar-refractivity contribution in [2.75, 3.05) is 31.2 Å². The molecule has 12 heteroatoms. The molecule has 0 aliphatic carbocycles. The zero-order chi connectivity index (χ0) is 21.7. The van der Waals surface area contributed by atoms with Gasteiger partial charge in [0, 0.05) is 23.6 Å². The molecule has 1 saturated heterocycles. The van der Waals surface area contributed by atoms with E-state index in [1.54, 1.807) is 4.57 Å². The lowest BCUT2D eigenvalue weighted by Crippen LogP contribution is -2.33. The molecule has 0 bridgehead atoms. The third kappa shape index (κ3) is 5.97. The maximum absolute atomic E-state index is 12.1. The lowest BCUT2D eigenvalue weighted by Gasteiger charge is -2.19. The number of aliphatic hydroxyl groups excluding tert-OH is 1. The molecule has 30 heavy (non-hydrogen) atoms. The van der Waals surface area contributed by atoms with E-state index in [0.29, 0.717) is 17.7 Å². The highest BCUT2D eigenvalue weighted by Crippen LogP contribution is 2.34. The maximum Gasteiger partial charge on any atom is 0.307 e. The summed E-state index contributed by atoms with van der Waals surface area (Å²) in [6, 6.07) is 0. The summed E-state index contributed by atoms with van der Waals surface area (Å²) in [5, 5.41) is 13.8. The van der Waals surface area contributed by atoms with Gasteiger partial charge in [-0.3, -0.25) is 9.36 Å². The number of esters is 1. The molecule has 1 fully saturated rings. The molecule has 2 aromatic rings. The molecule has 4 N–H and O–H groups in total. The summed E-state index contributed by atoms with van der Waals surface area (Å²) in [6.07, 6.45) is 0.468. The van der Waals surface area contributed by atoms with Crippen LogP contribution in [0.3, 0.4) is 0 Å². The van der Waals surface area contributed by atoms with Crippen LogP contribution in [-0.4, -0.2) is 73.0 Å². The molecule has 0 amide bonds. The van der Waals surface area contributed by atoms with Crippen molar-refractivity contribution in [2.24, 2.45) is 0 Å². The largest absolute Gasteiger partial charge is 0.457 e. The molecule has 3 unspecified atom stereocenters. The molecule has 0 aromatic carbocycles. The van der Waals surface area contributed by atoms with Crippen molar-refractivity contribution in [2.45, 2.75) is 50.4 Å². The number of hydrogen-bond acceptors (Lipinski definition) is 11. The Morgan fingerprint density at radius 1 is 1.40 bits per heavy atom. The molecule has 0 saturated carbocycles. The van der Waals surface area contributed by atoms with Crippen molar-refractivity contribution in [1.82, 2.24) is 24.8 Å². The Balaban J connectivity index is 1.41. The van der Waals surface area contributed by atoms with E-state index in [0.717, 1.165) is 12.3 Å². The minimum atomic E-state index is -1.04. The van der Waals surface area contributed by atoms with E-state index in [-0.39, 0.29) is 29.6 Å². The van der Waals surface area contributed by atoms with Crippen molar-refractivity contribution in [3.8, 4) is 0 Å². The summed E-state index contributed by atoms with van der Waals surface area (Å²) in [5.41, 5.74) is 6.67. The number of aliphatic hydroxyl groups is 1. The fourth-order valence-corrected chi connectivity index (χ4v) is 5.08. The van der Waals surface area contributed by atoms with Crippen molar-refractivity contribution in [3.63, 3.8) is 0 Å². The van der Waals surface area contributed by atoms with Crippen LogP contribution in [0.25, 0.3) is 11.2 Å². The van der Waals surface area contributed by atoms with Crippen LogP contribution in [0.15, 0.2) is 12.7 Å². The Labute approximate surface area is 183 Å². The molecule has 1 aliphatic rings. The Hall–Kier alpha value is -1.60. The third-order valence-electron chi connectivity index (χ3n) is 4.23. The van der Waals surface area contributed by atoms with E-state index >= 15 is 0 Å². The number of fused-ring (bicyclic) bond motifs is 1. The number of aromatic nitrogens is 4. The summed E-state index contributed by atoms with van der Waals surface area (Å²) in [6.45, 7) is 7.97. The van der Waals surface area contributed by atoms with Crippen LogP contribution < -0.4 is 11.1 Å². The number of hydrogen-bond donors (Lipinski definition) is 3. The monoisotopic (exact) mass is 456 g/mol. The molecule has 3 heterocycles. The van der Waals surface area contributed by atoms with Crippen LogP contribution in [0, 0.1) is 0 Å². The Morgan fingerprint density at radius 3 is 2.97 bits per heavy atom. The summed E-state index contributed by atoms with van der Waals surface area (Å²) in [7, 11) is 3.65. The fourth-order valence-electron chi connectivity index (χ4n) is 2.85. The lowest BCUT2D eigenvalue weighted by molar-refractivity contribution is -0.153. The molecule has 3 atom stereocenters. The molecule has 0 spiro atoms. The average molecular weight is 457 g/mol. The third-order valence-corrected chi connectivity index (χ3v) is 7.57. The number of carbonyl (C=O) groups is 1. The van der Waals surface area contributed by atoms with Crippen LogP contribution in [0.1, 0.15) is 33.4 Å². The topological polar surface area (TPSA) is 137 Å². The van der Waals surface area contributed by atoms with Gasteiger partial charge in [-0.2, -0.15) is 0 Å². The molecule has 166 valence electrons. The highest BCUT2D eigenvalue weighted by Gasteiger charge is 2.40. The van der Waals surface area contributed by atoms with Gasteiger partial charge in [0.1, 0.15) is 17.9 Å². The number of imidazole rings is 1. The Bertz CT molecular complexity index is 859. The van der Waals surface area contributed by atoms with Gasteiger partial charge < -0.3 is 25.6 Å². The smallest absolute Gasteiger partial charge is 0.307 e. The van der Waals surface area contributed by atoms with E-state index in [2.05, 4.69) is 41.0 Å².